The largest absolute Gasteiger partial charge is 0.326 e. The molecule has 0 aliphatic carbocycles. The fourth-order valence-corrected chi connectivity index (χ4v) is 2.97. The van der Waals surface area contributed by atoms with Crippen LogP contribution in [-0.4, -0.2) is 20.6 Å². The Morgan fingerprint density at radius 1 is 1.12 bits per heavy atom. The first-order chi connectivity index (χ1) is 11.2. The van der Waals surface area contributed by atoms with E-state index >= 15 is 0 Å². The van der Waals surface area contributed by atoms with Gasteiger partial charge in [0.15, 0.2) is 0 Å². The van der Waals surface area contributed by atoms with Gasteiger partial charge in [0.05, 0.1) is 12.3 Å². The van der Waals surface area contributed by atoms with E-state index in [9.17, 15) is 17.6 Å². The van der Waals surface area contributed by atoms with Crippen molar-refractivity contribution in [1.82, 2.24) is 4.72 Å². The number of carbonyl (C=O) groups is 1. The van der Waals surface area contributed by atoms with Gasteiger partial charge in [-0.05, 0) is 42.0 Å². The molecule has 0 spiro atoms. The van der Waals surface area contributed by atoms with Crippen molar-refractivity contribution in [1.29, 1.82) is 0 Å². The molecular formula is C16H16ClFN2O3S. The minimum absolute atomic E-state index is 0.119. The summed E-state index contributed by atoms with van der Waals surface area (Å²) in [6.07, 6.45) is 0.903. The van der Waals surface area contributed by atoms with E-state index in [4.69, 9.17) is 11.6 Å². The molecule has 24 heavy (non-hydrogen) atoms. The highest BCUT2D eigenvalue weighted by Gasteiger charge is 2.20. The van der Waals surface area contributed by atoms with Crippen LogP contribution in [-0.2, 0) is 14.8 Å². The number of hydrogen-bond donors (Lipinski definition) is 2. The number of benzene rings is 2. The van der Waals surface area contributed by atoms with E-state index in [2.05, 4.69) is 10.0 Å². The fraction of sp³-hybridized carbons (Fsp3) is 0.188. The summed E-state index contributed by atoms with van der Waals surface area (Å²) < 4.78 is 38.4. The number of halogens is 2. The molecule has 0 aromatic heterocycles. The Balaban J connectivity index is 2.13. The molecule has 0 aliphatic heterocycles. The summed E-state index contributed by atoms with van der Waals surface area (Å²) >= 11 is 5.83. The molecule has 0 aliphatic rings. The van der Waals surface area contributed by atoms with E-state index < -0.39 is 27.8 Å². The summed E-state index contributed by atoms with van der Waals surface area (Å²) in [7, 11) is -3.52. The van der Waals surface area contributed by atoms with Gasteiger partial charge in [-0.25, -0.2) is 17.5 Å². The number of hydrogen-bond acceptors (Lipinski definition) is 3. The summed E-state index contributed by atoms with van der Waals surface area (Å²) in [6.45, 7) is 0. The van der Waals surface area contributed by atoms with Gasteiger partial charge in [-0.15, -0.1) is 0 Å². The van der Waals surface area contributed by atoms with Crippen LogP contribution < -0.4 is 10.0 Å². The number of nitrogens with one attached hydrogen (secondary N) is 2. The van der Waals surface area contributed by atoms with Crippen molar-refractivity contribution in [2.24, 2.45) is 0 Å². The molecule has 5 nitrogen and oxygen atoms in total. The predicted molar refractivity (Wildman–Crippen MR) is 91.8 cm³/mol. The number of amides is 1. The zero-order valence-electron chi connectivity index (χ0n) is 12.8. The Morgan fingerprint density at radius 2 is 1.71 bits per heavy atom. The molecule has 0 saturated heterocycles. The third-order valence-electron chi connectivity index (χ3n) is 3.15. The average Bonchev–Trinajstić information content (AvgIpc) is 2.48. The molecule has 2 N–H and O–H groups in total. The van der Waals surface area contributed by atoms with Crippen LogP contribution in [0, 0.1) is 5.82 Å². The molecule has 0 heterocycles. The Bertz CT molecular complexity index is 808. The van der Waals surface area contributed by atoms with Gasteiger partial charge in [-0.2, -0.15) is 0 Å². The highest BCUT2D eigenvalue weighted by atomic mass is 35.5. The maximum atomic E-state index is 12.9. The molecule has 0 bridgehead atoms. The molecule has 1 atom stereocenters. The minimum Gasteiger partial charge on any atom is -0.326 e. The topological polar surface area (TPSA) is 75.3 Å². The molecule has 2 rings (SSSR count). The number of carbonyl (C=O) groups excluding carboxylic acids is 1. The van der Waals surface area contributed by atoms with Crippen LogP contribution in [0.2, 0.25) is 5.02 Å². The van der Waals surface area contributed by atoms with Crippen molar-refractivity contribution >= 4 is 33.2 Å². The molecular weight excluding hydrogens is 355 g/mol. The van der Waals surface area contributed by atoms with Crippen LogP contribution in [0.3, 0.4) is 0 Å². The summed E-state index contributed by atoms with van der Waals surface area (Å²) in [5.41, 5.74) is 1.04. The van der Waals surface area contributed by atoms with E-state index in [0.717, 1.165) is 6.26 Å². The molecule has 1 amide bonds. The van der Waals surface area contributed by atoms with E-state index in [1.807, 2.05) is 0 Å². The first-order valence-electron chi connectivity index (χ1n) is 7.01. The number of anilines is 1. The summed E-state index contributed by atoms with van der Waals surface area (Å²) in [5.74, 6) is -0.816. The van der Waals surface area contributed by atoms with Crippen molar-refractivity contribution < 1.29 is 17.6 Å². The smallest absolute Gasteiger partial charge is 0.226 e. The molecule has 0 unspecified atom stereocenters. The van der Waals surface area contributed by atoms with Crippen molar-refractivity contribution in [3.8, 4) is 0 Å². The monoisotopic (exact) mass is 370 g/mol. The highest BCUT2D eigenvalue weighted by molar-refractivity contribution is 7.88. The lowest BCUT2D eigenvalue weighted by Gasteiger charge is -2.18. The van der Waals surface area contributed by atoms with Crippen molar-refractivity contribution in [2.45, 2.75) is 12.5 Å². The Hall–Kier alpha value is -1.96. The van der Waals surface area contributed by atoms with Gasteiger partial charge in [0.2, 0.25) is 15.9 Å². The van der Waals surface area contributed by atoms with E-state index in [-0.39, 0.29) is 6.42 Å². The second-order valence-corrected chi connectivity index (χ2v) is 7.47. The highest BCUT2D eigenvalue weighted by Crippen LogP contribution is 2.21. The zero-order chi connectivity index (χ0) is 17.7. The molecule has 0 radical (unpaired) electrons. The fourth-order valence-electron chi connectivity index (χ4n) is 2.11. The van der Waals surface area contributed by atoms with Crippen molar-refractivity contribution in [3.05, 3.63) is 64.9 Å². The van der Waals surface area contributed by atoms with E-state index in [1.54, 1.807) is 24.3 Å². The molecule has 2 aromatic rings. The maximum Gasteiger partial charge on any atom is 0.226 e. The lowest BCUT2D eigenvalue weighted by atomic mass is 10.0. The molecule has 2 aromatic carbocycles. The second kappa shape index (κ2) is 7.74. The third-order valence-corrected chi connectivity index (χ3v) is 4.11. The predicted octanol–water partition coefficient (Wildman–Crippen LogP) is 3.10. The number of rotatable bonds is 6. The summed E-state index contributed by atoms with van der Waals surface area (Å²) in [5, 5.41) is 3.11. The van der Waals surface area contributed by atoms with Crippen LogP contribution in [0.1, 0.15) is 18.0 Å². The normalized spacial score (nSPS) is 12.6. The van der Waals surface area contributed by atoms with Gasteiger partial charge < -0.3 is 5.32 Å². The summed E-state index contributed by atoms with van der Waals surface area (Å²) in [6, 6.07) is 11.1. The van der Waals surface area contributed by atoms with Gasteiger partial charge in [0.1, 0.15) is 5.82 Å². The molecule has 0 fully saturated rings. The zero-order valence-corrected chi connectivity index (χ0v) is 14.4. The van der Waals surface area contributed by atoms with Crippen molar-refractivity contribution in [2.75, 3.05) is 11.6 Å². The Morgan fingerprint density at radius 3 is 2.25 bits per heavy atom. The van der Waals surface area contributed by atoms with Crippen LogP contribution in [0.25, 0.3) is 0 Å². The quantitative estimate of drug-likeness (QED) is 0.820. The standard InChI is InChI=1S/C16H16ClFN2O3S/c1-24(22,23)20-15(11-2-4-12(17)5-3-11)10-16(21)19-14-8-6-13(18)7-9-14/h2-9,15,20H,10H2,1H3,(H,19,21)/t15-/m0/s1. The number of sulfonamides is 1. The van der Waals surface area contributed by atoms with Crippen LogP contribution >= 0.6 is 11.6 Å². The van der Waals surface area contributed by atoms with Crippen LogP contribution in [0.5, 0.6) is 0 Å². The van der Waals surface area contributed by atoms with Gasteiger partial charge in [0, 0.05) is 17.1 Å². The molecule has 128 valence electrons. The van der Waals surface area contributed by atoms with Gasteiger partial charge in [0.25, 0.3) is 0 Å². The average molecular weight is 371 g/mol. The lowest BCUT2D eigenvalue weighted by molar-refractivity contribution is -0.116. The van der Waals surface area contributed by atoms with Crippen molar-refractivity contribution in [3.63, 3.8) is 0 Å². The second-order valence-electron chi connectivity index (χ2n) is 5.25. The lowest BCUT2D eigenvalue weighted by Crippen LogP contribution is -2.30. The minimum atomic E-state index is -3.52. The Kier molecular flexibility index (Phi) is 5.93. The van der Waals surface area contributed by atoms with Crippen LogP contribution in [0.15, 0.2) is 48.5 Å². The molecule has 8 heteroatoms. The van der Waals surface area contributed by atoms with Crippen LogP contribution in [0.4, 0.5) is 10.1 Å². The SMILES string of the molecule is CS(=O)(=O)N[C@@H](CC(=O)Nc1ccc(F)cc1)c1ccc(Cl)cc1. The van der Waals surface area contributed by atoms with Gasteiger partial charge in [-0.1, -0.05) is 23.7 Å². The van der Waals surface area contributed by atoms with E-state index in [1.165, 1.54) is 24.3 Å². The van der Waals surface area contributed by atoms with Gasteiger partial charge >= 0.3 is 0 Å². The first-order valence-corrected chi connectivity index (χ1v) is 9.28. The maximum absolute atomic E-state index is 12.9. The first kappa shape index (κ1) is 18.4. The van der Waals surface area contributed by atoms with E-state index in [0.29, 0.717) is 16.3 Å². The summed E-state index contributed by atoms with van der Waals surface area (Å²) in [4.78, 5) is 12.2. The molecule has 0 saturated carbocycles. The third kappa shape index (κ3) is 5.92. The Labute approximate surface area is 144 Å². The van der Waals surface area contributed by atoms with Gasteiger partial charge in [-0.3, -0.25) is 4.79 Å².